The molecule has 4 heteroatoms. The third-order valence-electron chi connectivity index (χ3n) is 6.34. The highest BCUT2D eigenvalue weighted by atomic mass is 16.2. The molecule has 0 atom stereocenters. The second kappa shape index (κ2) is 9.97. The predicted molar refractivity (Wildman–Crippen MR) is 128 cm³/mol. The number of fused-ring (bicyclic) bond motifs is 2. The van der Waals surface area contributed by atoms with Crippen LogP contribution < -0.4 is 5.32 Å². The van der Waals surface area contributed by atoms with E-state index in [4.69, 9.17) is 0 Å². The summed E-state index contributed by atoms with van der Waals surface area (Å²) in [6.07, 6.45) is 9.16. The second-order valence-corrected chi connectivity index (χ2v) is 8.43. The van der Waals surface area contributed by atoms with Crippen LogP contribution in [0.2, 0.25) is 0 Å². The van der Waals surface area contributed by atoms with E-state index in [9.17, 15) is 4.79 Å². The third kappa shape index (κ3) is 5.08. The standard InChI is InChI=1S/C27H33N3O/c1-3-8-24(4-2)28-25-12-11-22-14-18-30(27(31)26(22)19-25)16-7-15-29-17-13-21-9-5-6-10-23(21)20-29/h3-6,8-12,19,28H,7,13-18,20H2,1-2H3/b8-3-,24-4+. The maximum atomic E-state index is 13.2. The van der Waals surface area contributed by atoms with E-state index < -0.39 is 0 Å². The van der Waals surface area contributed by atoms with Gasteiger partial charge in [0, 0.05) is 49.7 Å². The Hall–Kier alpha value is -2.85. The fraction of sp³-hybridized carbons (Fsp3) is 0.370. The number of allylic oxidation sites excluding steroid dienone is 3. The molecule has 4 rings (SSSR count). The second-order valence-electron chi connectivity index (χ2n) is 8.43. The van der Waals surface area contributed by atoms with Crippen molar-refractivity contribution >= 4 is 11.6 Å². The molecule has 2 aliphatic heterocycles. The minimum absolute atomic E-state index is 0.168. The van der Waals surface area contributed by atoms with Crippen molar-refractivity contribution in [2.45, 2.75) is 39.7 Å². The van der Waals surface area contributed by atoms with E-state index in [0.717, 1.165) is 74.5 Å². The Bertz CT molecular complexity index is 992. The van der Waals surface area contributed by atoms with E-state index in [0.29, 0.717) is 0 Å². The van der Waals surface area contributed by atoms with Gasteiger partial charge in [0.25, 0.3) is 5.91 Å². The molecule has 162 valence electrons. The Kier molecular flexibility index (Phi) is 6.88. The predicted octanol–water partition coefficient (Wildman–Crippen LogP) is 5.03. The smallest absolute Gasteiger partial charge is 0.254 e. The molecule has 1 amide bonds. The number of anilines is 1. The number of carbonyl (C=O) groups excluding carboxylic acids is 1. The minimum Gasteiger partial charge on any atom is -0.356 e. The van der Waals surface area contributed by atoms with Gasteiger partial charge < -0.3 is 10.2 Å². The molecule has 1 N–H and O–H groups in total. The molecule has 0 spiro atoms. The van der Waals surface area contributed by atoms with Gasteiger partial charge in [0.15, 0.2) is 0 Å². The number of benzene rings is 2. The Morgan fingerprint density at radius 1 is 1.00 bits per heavy atom. The number of nitrogens with one attached hydrogen (secondary N) is 1. The lowest BCUT2D eigenvalue weighted by Crippen LogP contribution is -2.40. The van der Waals surface area contributed by atoms with Crippen LogP contribution in [0.15, 0.2) is 66.4 Å². The van der Waals surface area contributed by atoms with Gasteiger partial charge in [0.05, 0.1) is 0 Å². The Labute approximate surface area is 186 Å². The first-order chi connectivity index (χ1) is 15.2. The monoisotopic (exact) mass is 415 g/mol. The van der Waals surface area contributed by atoms with Crippen LogP contribution >= 0.6 is 0 Å². The largest absolute Gasteiger partial charge is 0.356 e. The molecule has 4 nitrogen and oxygen atoms in total. The van der Waals surface area contributed by atoms with Crippen LogP contribution in [0.25, 0.3) is 0 Å². The first-order valence-electron chi connectivity index (χ1n) is 11.5. The lowest BCUT2D eigenvalue weighted by atomic mass is 9.98. The van der Waals surface area contributed by atoms with Crippen molar-refractivity contribution in [3.63, 3.8) is 0 Å². The number of nitrogens with zero attached hydrogens (tertiary/aromatic N) is 2. The average molecular weight is 416 g/mol. The van der Waals surface area contributed by atoms with Gasteiger partial charge in [0.1, 0.15) is 0 Å². The maximum Gasteiger partial charge on any atom is 0.254 e. The van der Waals surface area contributed by atoms with E-state index in [1.54, 1.807) is 0 Å². The number of rotatable bonds is 7. The lowest BCUT2D eigenvalue weighted by Gasteiger charge is -2.31. The van der Waals surface area contributed by atoms with Gasteiger partial charge in [0.2, 0.25) is 0 Å². The summed E-state index contributed by atoms with van der Waals surface area (Å²) >= 11 is 0. The van der Waals surface area contributed by atoms with Crippen molar-refractivity contribution in [3.8, 4) is 0 Å². The van der Waals surface area contributed by atoms with E-state index in [2.05, 4.69) is 46.6 Å². The number of hydrogen-bond donors (Lipinski definition) is 1. The van der Waals surface area contributed by atoms with Crippen LogP contribution in [0.3, 0.4) is 0 Å². The molecule has 0 aromatic heterocycles. The molecule has 0 aliphatic carbocycles. The van der Waals surface area contributed by atoms with Crippen LogP contribution in [0, 0.1) is 0 Å². The van der Waals surface area contributed by atoms with Crippen LogP contribution in [0.1, 0.15) is 47.3 Å². The topological polar surface area (TPSA) is 35.6 Å². The molecule has 0 saturated heterocycles. The van der Waals surface area contributed by atoms with Crippen LogP contribution in [-0.2, 0) is 19.4 Å². The summed E-state index contributed by atoms with van der Waals surface area (Å²) in [5.74, 6) is 0.168. The van der Waals surface area contributed by atoms with E-state index >= 15 is 0 Å². The molecular weight excluding hydrogens is 382 g/mol. The van der Waals surface area contributed by atoms with Crippen molar-refractivity contribution in [3.05, 3.63) is 88.6 Å². The van der Waals surface area contributed by atoms with E-state index in [1.165, 1.54) is 11.1 Å². The SMILES string of the molecule is C/C=C\C(=C/C)Nc1ccc2c(c1)C(=O)N(CCCN1CCc3ccccc3C1)CC2. The van der Waals surface area contributed by atoms with Gasteiger partial charge in [-0.05, 0) is 68.0 Å². The normalized spacial score (nSPS) is 17.0. The highest BCUT2D eigenvalue weighted by Gasteiger charge is 2.24. The quantitative estimate of drug-likeness (QED) is 0.645. The summed E-state index contributed by atoms with van der Waals surface area (Å²) in [5.41, 5.74) is 6.95. The van der Waals surface area contributed by atoms with Crippen molar-refractivity contribution < 1.29 is 4.79 Å². The molecule has 0 bridgehead atoms. The zero-order chi connectivity index (χ0) is 21.6. The fourth-order valence-electron chi connectivity index (χ4n) is 4.60. The highest BCUT2D eigenvalue weighted by Crippen LogP contribution is 2.24. The molecule has 2 heterocycles. The van der Waals surface area contributed by atoms with Crippen LogP contribution in [-0.4, -0.2) is 41.9 Å². The van der Waals surface area contributed by atoms with E-state index in [-0.39, 0.29) is 5.91 Å². The first kappa shape index (κ1) is 21.4. The Morgan fingerprint density at radius 3 is 2.61 bits per heavy atom. The molecular formula is C27H33N3O. The summed E-state index contributed by atoms with van der Waals surface area (Å²) in [7, 11) is 0. The van der Waals surface area contributed by atoms with Crippen molar-refractivity contribution in [2.24, 2.45) is 0 Å². The summed E-state index contributed by atoms with van der Waals surface area (Å²) in [4.78, 5) is 17.7. The number of amides is 1. The zero-order valence-corrected chi connectivity index (χ0v) is 18.7. The molecule has 0 saturated carbocycles. The van der Waals surface area contributed by atoms with Crippen LogP contribution in [0.4, 0.5) is 5.69 Å². The summed E-state index contributed by atoms with van der Waals surface area (Å²) in [5, 5.41) is 3.41. The van der Waals surface area contributed by atoms with Crippen LogP contribution in [0.5, 0.6) is 0 Å². The number of hydrogen-bond acceptors (Lipinski definition) is 3. The molecule has 2 aromatic rings. The summed E-state index contributed by atoms with van der Waals surface area (Å²) in [6.45, 7) is 8.84. The molecule has 0 unspecified atom stereocenters. The van der Waals surface area contributed by atoms with Crippen molar-refractivity contribution in [2.75, 3.05) is 31.5 Å². The van der Waals surface area contributed by atoms with Gasteiger partial charge in [-0.25, -0.2) is 0 Å². The van der Waals surface area contributed by atoms with Gasteiger partial charge in [-0.15, -0.1) is 0 Å². The summed E-state index contributed by atoms with van der Waals surface area (Å²) < 4.78 is 0. The molecule has 0 fully saturated rings. The lowest BCUT2D eigenvalue weighted by molar-refractivity contribution is 0.0730. The Balaban J connectivity index is 1.34. The summed E-state index contributed by atoms with van der Waals surface area (Å²) in [6, 6.07) is 14.9. The molecule has 0 radical (unpaired) electrons. The van der Waals surface area contributed by atoms with Gasteiger partial charge in [-0.2, -0.15) is 0 Å². The molecule has 2 aliphatic rings. The minimum atomic E-state index is 0.168. The van der Waals surface area contributed by atoms with Gasteiger partial charge in [-0.1, -0.05) is 42.5 Å². The molecule has 2 aromatic carbocycles. The maximum absolute atomic E-state index is 13.2. The Morgan fingerprint density at radius 2 is 1.81 bits per heavy atom. The molecule has 31 heavy (non-hydrogen) atoms. The zero-order valence-electron chi connectivity index (χ0n) is 18.7. The first-order valence-corrected chi connectivity index (χ1v) is 11.5. The number of carbonyl (C=O) groups is 1. The van der Waals surface area contributed by atoms with Gasteiger partial charge in [-0.3, -0.25) is 9.69 Å². The van der Waals surface area contributed by atoms with Crippen molar-refractivity contribution in [1.29, 1.82) is 0 Å². The third-order valence-corrected chi connectivity index (χ3v) is 6.34. The highest BCUT2D eigenvalue weighted by molar-refractivity contribution is 5.97. The average Bonchev–Trinajstić information content (AvgIpc) is 2.80. The van der Waals surface area contributed by atoms with Gasteiger partial charge >= 0.3 is 0 Å². The van der Waals surface area contributed by atoms with E-state index in [1.807, 2.05) is 43.0 Å². The van der Waals surface area contributed by atoms with Crippen molar-refractivity contribution in [1.82, 2.24) is 9.80 Å². The fourth-order valence-corrected chi connectivity index (χ4v) is 4.60.